The Labute approximate surface area is 249 Å². The van der Waals surface area contributed by atoms with Crippen molar-refractivity contribution in [1.29, 1.82) is 0 Å². The van der Waals surface area contributed by atoms with E-state index < -0.39 is 11.6 Å². The first-order valence-electron chi connectivity index (χ1n) is 14.8. The number of fused-ring (bicyclic) bond motifs is 4. The molecule has 4 aliphatic heterocycles. The van der Waals surface area contributed by atoms with E-state index in [-0.39, 0.29) is 17.9 Å². The van der Waals surface area contributed by atoms with Gasteiger partial charge in [-0.1, -0.05) is 35.5 Å². The maximum Gasteiger partial charge on any atom is 0.263 e. The van der Waals surface area contributed by atoms with Gasteiger partial charge in [-0.25, -0.2) is 9.97 Å². The summed E-state index contributed by atoms with van der Waals surface area (Å²) in [5.74, 6) is 2.18. The molecule has 1 aromatic carbocycles. The lowest BCUT2D eigenvalue weighted by atomic mass is 9.71. The Kier molecular flexibility index (Phi) is 6.82. The van der Waals surface area contributed by atoms with Crippen molar-refractivity contribution in [2.45, 2.75) is 56.5 Å². The topological polar surface area (TPSA) is 154 Å². The van der Waals surface area contributed by atoms with Crippen LogP contribution in [0, 0.1) is 0 Å². The average molecular weight is 582 g/mol. The molecule has 0 unspecified atom stereocenters. The average Bonchev–Trinajstić information content (AvgIpc) is 3.52. The van der Waals surface area contributed by atoms with Crippen molar-refractivity contribution >= 4 is 23.5 Å². The first-order chi connectivity index (χ1) is 20.8. The van der Waals surface area contributed by atoms with Crippen LogP contribution in [0.2, 0.25) is 0 Å². The number of pyridine rings is 1. The Bertz CT molecular complexity index is 1630. The second-order valence-electron chi connectivity index (χ2n) is 12.4. The van der Waals surface area contributed by atoms with E-state index in [1.807, 2.05) is 44.2 Å². The number of benzene rings is 1. The molecule has 2 bridgehead atoms. The molecule has 1 atom stereocenters. The van der Waals surface area contributed by atoms with E-state index in [4.69, 9.17) is 19.5 Å². The number of rotatable bonds is 8. The van der Waals surface area contributed by atoms with Gasteiger partial charge in [-0.3, -0.25) is 4.79 Å². The molecule has 4 N–H and O–H groups in total. The molecule has 3 fully saturated rings. The fourth-order valence-electron chi connectivity index (χ4n) is 6.37. The molecule has 0 aliphatic carbocycles. The summed E-state index contributed by atoms with van der Waals surface area (Å²) in [6.45, 7) is 6.94. The number of anilines is 3. The zero-order chi connectivity index (χ0) is 29.6. The fourth-order valence-corrected chi connectivity index (χ4v) is 6.37. The number of hydrogen-bond donors (Lipinski definition) is 4. The number of hydrogen-bond acceptors (Lipinski definition) is 11. The van der Waals surface area contributed by atoms with E-state index >= 15 is 0 Å². The minimum absolute atomic E-state index is 0.0618. The smallest absolute Gasteiger partial charge is 0.263 e. The maximum absolute atomic E-state index is 12.5. The molecule has 0 saturated carbocycles. The zero-order valence-corrected chi connectivity index (χ0v) is 24.3. The summed E-state index contributed by atoms with van der Waals surface area (Å²) < 4.78 is 5.83. The summed E-state index contributed by atoms with van der Waals surface area (Å²) in [5.41, 5.74) is 2.27. The lowest BCUT2D eigenvalue weighted by Gasteiger charge is -2.46. The van der Waals surface area contributed by atoms with Crippen LogP contribution in [0.1, 0.15) is 66.6 Å². The lowest BCUT2D eigenvalue weighted by Crippen LogP contribution is -2.51. The summed E-state index contributed by atoms with van der Waals surface area (Å²) in [4.78, 5) is 33.9. The fraction of sp³-hybridized carbons (Fsp3) is 0.419. The van der Waals surface area contributed by atoms with Gasteiger partial charge >= 0.3 is 0 Å². The third-order valence-electron chi connectivity index (χ3n) is 8.85. The first-order valence-corrected chi connectivity index (χ1v) is 14.8. The number of carbonyl (C=O) groups is 1. The van der Waals surface area contributed by atoms with E-state index in [1.54, 1.807) is 18.3 Å². The molecule has 3 aromatic heterocycles. The third-order valence-corrected chi connectivity index (χ3v) is 8.85. The van der Waals surface area contributed by atoms with Crippen molar-refractivity contribution in [2.24, 2.45) is 0 Å². The van der Waals surface area contributed by atoms with E-state index in [1.165, 1.54) is 0 Å². The molecule has 43 heavy (non-hydrogen) atoms. The van der Waals surface area contributed by atoms with Gasteiger partial charge < -0.3 is 30.5 Å². The van der Waals surface area contributed by atoms with Gasteiger partial charge in [0.2, 0.25) is 5.95 Å². The molecular weight excluding hydrogens is 546 g/mol. The molecule has 8 rings (SSSR count). The van der Waals surface area contributed by atoms with Crippen LogP contribution in [0.5, 0.6) is 0 Å². The Morgan fingerprint density at radius 2 is 1.79 bits per heavy atom. The van der Waals surface area contributed by atoms with E-state index in [0.717, 1.165) is 50.3 Å². The number of nitrogens with one attached hydrogen (secondary N) is 3. The van der Waals surface area contributed by atoms with Crippen LogP contribution in [0.25, 0.3) is 11.5 Å². The summed E-state index contributed by atoms with van der Waals surface area (Å²) in [6.07, 6.45) is 5.30. The number of amides is 1. The van der Waals surface area contributed by atoms with E-state index in [2.05, 4.69) is 31.0 Å². The summed E-state index contributed by atoms with van der Waals surface area (Å²) >= 11 is 0. The number of nitrogens with zero attached hydrogens (tertiary/aromatic N) is 6. The second kappa shape index (κ2) is 10.7. The van der Waals surface area contributed by atoms with Gasteiger partial charge in [0.1, 0.15) is 17.2 Å². The quantitative estimate of drug-likeness (QED) is 0.241. The molecule has 222 valence electrons. The highest BCUT2D eigenvalue weighted by atomic mass is 16.5. The largest absolute Gasteiger partial charge is 0.394 e. The van der Waals surface area contributed by atoms with Crippen LogP contribution in [0.3, 0.4) is 0 Å². The van der Waals surface area contributed by atoms with Crippen molar-refractivity contribution in [1.82, 2.24) is 35.3 Å². The van der Waals surface area contributed by atoms with Crippen LogP contribution in [0.15, 0.2) is 53.2 Å². The van der Waals surface area contributed by atoms with Crippen molar-refractivity contribution < 1.29 is 14.4 Å². The van der Waals surface area contributed by atoms with Gasteiger partial charge in [0.05, 0.1) is 23.9 Å². The van der Waals surface area contributed by atoms with Crippen LogP contribution in [-0.2, 0) is 11.8 Å². The van der Waals surface area contributed by atoms with Gasteiger partial charge in [-0.2, -0.15) is 9.97 Å². The minimum atomic E-state index is -0.436. The highest BCUT2D eigenvalue weighted by Gasteiger charge is 2.44. The van der Waals surface area contributed by atoms with Crippen LogP contribution in [0.4, 0.5) is 17.6 Å². The normalized spacial score (nSPS) is 22.9. The van der Waals surface area contributed by atoms with Gasteiger partial charge in [0.25, 0.3) is 11.8 Å². The van der Waals surface area contributed by atoms with E-state index in [0.29, 0.717) is 46.7 Å². The molecule has 3 saturated heterocycles. The minimum Gasteiger partial charge on any atom is -0.394 e. The number of aromatic nitrogens is 5. The van der Waals surface area contributed by atoms with Crippen LogP contribution in [-0.4, -0.2) is 72.8 Å². The van der Waals surface area contributed by atoms with Gasteiger partial charge in [-0.15, -0.1) is 0 Å². The van der Waals surface area contributed by atoms with Gasteiger partial charge in [-0.05, 0) is 70.4 Å². The highest BCUT2D eigenvalue weighted by molar-refractivity contribution is 5.97. The molecule has 7 heterocycles. The van der Waals surface area contributed by atoms with Crippen molar-refractivity contribution in [3.8, 4) is 11.5 Å². The molecule has 4 aliphatic rings. The molecular formula is C31H35N9O3. The summed E-state index contributed by atoms with van der Waals surface area (Å²) in [5, 5.41) is 24.3. The standard InChI is InChI=1S/C31H35N9O3/c1-30(2)16-22-20(26(42)38-30)8-9-24(33-22)35-29-32-17-21(25(36-29)34-23(18-41)19-6-4-3-5-7-19)27-37-28(39-43-27)31-10-13-40(14-11-31)15-12-31/h3-9,17,23,41H,10-16,18H2,1-2H3,(H,38,42)(H2,32,33,34,35,36)/t23-/m1/s1. The van der Waals surface area contributed by atoms with Crippen molar-refractivity contribution in [2.75, 3.05) is 36.9 Å². The Hall–Kier alpha value is -4.42. The van der Waals surface area contributed by atoms with Crippen LogP contribution < -0.4 is 16.0 Å². The monoisotopic (exact) mass is 581 g/mol. The molecule has 0 spiro atoms. The van der Waals surface area contributed by atoms with Crippen LogP contribution >= 0.6 is 0 Å². The molecule has 0 radical (unpaired) electrons. The molecule has 12 heteroatoms. The number of piperidine rings is 3. The molecule has 4 aromatic rings. The van der Waals surface area contributed by atoms with Gasteiger partial charge in [0.15, 0.2) is 5.82 Å². The molecule has 1 amide bonds. The Morgan fingerprint density at radius 3 is 2.53 bits per heavy atom. The predicted octanol–water partition coefficient (Wildman–Crippen LogP) is 3.61. The highest BCUT2D eigenvalue weighted by Crippen LogP contribution is 2.42. The lowest BCUT2D eigenvalue weighted by molar-refractivity contribution is 0.0747. The summed E-state index contributed by atoms with van der Waals surface area (Å²) in [6, 6.07) is 12.7. The SMILES string of the molecule is CC1(C)Cc2nc(Nc3ncc(-c4nc(C56CCN(CC5)CC6)no4)c(N[C@H](CO)c4ccccc4)n3)ccc2C(=O)N1. The third kappa shape index (κ3) is 5.32. The second-order valence-corrected chi connectivity index (χ2v) is 12.4. The number of aliphatic hydroxyl groups excluding tert-OH is 1. The van der Waals surface area contributed by atoms with Gasteiger partial charge in [0, 0.05) is 23.6 Å². The van der Waals surface area contributed by atoms with Crippen molar-refractivity contribution in [3.05, 3.63) is 71.3 Å². The Morgan fingerprint density at radius 1 is 1.02 bits per heavy atom. The first kappa shape index (κ1) is 27.4. The Balaban J connectivity index is 1.22. The maximum atomic E-state index is 12.5. The predicted molar refractivity (Wildman–Crippen MR) is 160 cm³/mol. The van der Waals surface area contributed by atoms with Crippen molar-refractivity contribution in [3.63, 3.8) is 0 Å². The van der Waals surface area contributed by atoms with E-state index in [9.17, 15) is 9.90 Å². The zero-order valence-electron chi connectivity index (χ0n) is 24.3. The number of aliphatic hydroxyl groups is 1. The molecule has 12 nitrogen and oxygen atoms in total. The number of carbonyl (C=O) groups excluding carboxylic acids is 1. The summed E-state index contributed by atoms with van der Waals surface area (Å²) in [7, 11) is 0.